The van der Waals surface area contributed by atoms with E-state index in [0.717, 1.165) is 39.3 Å². The van der Waals surface area contributed by atoms with Crippen LogP contribution in [0.4, 0.5) is 0 Å². The molecule has 0 spiro atoms. The molecule has 0 aromatic carbocycles. The third kappa shape index (κ3) is 3.41. The Balaban J connectivity index is 1.53. The highest BCUT2D eigenvalue weighted by molar-refractivity contribution is 5.01. The Kier molecular flexibility index (Phi) is 4.83. The van der Waals surface area contributed by atoms with Crippen LogP contribution in [0.1, 0.15) is 13.8 Å². The second-order valence-corrected chi connectivity index (χ2v) is 7.00. The van der Waals surface area contributed by atoms with Crippen molar-refractivity contribution in [2.24, 2.45) is 5.73 Å². The van der Waals surface area contributed by atoms with E-state index < -0.39 is 0 Å². The minimum atomic E-state index is 0.125. The molecule has 3 fully saturated rings. The van der Waals surface area contributed by atoms with Crippen LogP contribution in [0.2, 0.25) is 0 Å². The summed E-state index contributed by atoms with van der Waals surface area (Å²) >= 11 is 0. The Morgan fingerprint density at radius 1 is 1.38 bits per heavy atom. The van der Waals surface area contributed by atoms with E-state index >= 15 is 0 Å². The monoisotopic (exact) mass is 298 g/mol. The SMILES string of the molecule is CC(C)OC1CN(CC2NCC3C2OCCN3C)CC1N. The Morgan fingerprint density at radius 2 is 2.19 bits per heavy atom. The van der Waals surface area contributed by atoms with Crippen molar-refractivity contribution in [1.29, 1.82) is 0 Å². The molecule has 3 saturated heterocycles. The van der Waals surface area contributed by atoms with Gasteiger partial charge in [-0.05, 0) is 20.9 Å². The first-order chi connectivity index (χ1) is 10.0. The highest BCUT2D eigenvalue weighted by atomic mass is 16.5. The number of hydrogen-bond acceptors (Lipinski definition) is 6. The molecule has 0 radical (unpaired) electrons. The largest absolute Gasteiger partial charge is 0.374 e. The van der Waals surface area contributed by atoms with Crippen LogP contribution < -0.4 is 11.1 Å². The standard InChI is InChI=1S/C15H30N4O2/c1-10(2)21-14-9-19(7-11(14)16)8-12-15-13(6-17-12)18(3)4-5-20-15/h10-15,17H,4-9,16H2,1-3H3. The number of likely N-dealkylation sites (N-methyl/N-ethyl adjacent to an activating group) is 1. The lowest BCUT2D eigenvalue weighted by molar-refractivity contribution is -0.0537. The summed E-state index contributed by atoms with van der Waals surface area (Å²) in [5, 5.41) is 3.64. The lowest BCUT2D eigenvalue weighted by Crippen LogP contribution is -2.52. The second-order valence-electron chi connectivity index (χ2n) is 7.00. The number of fused-ring (bicyclic) bond motifs is 1. The smallest absolute Gasteiger partial charge is 0.0908 e. The first-order valence-electron chi connectivity index (χ1n) is 8.23. The highest BCUT2D eigenvalue weighted by Crippen LogP contribution is 2.23. The zero-order valence-corrected chi connectivity index (χ0v) is 13.5. The molecule has 0 aliphatic carbocycles. The van der Waals surface area contributed by atoms with Gasteiger partial charge in [-0.1, -0.05) is 0 Å². The molecule has 3 rings (SSSR count). The van der Waals surface area contributed by atoms with Crippen molar-refractivity contribution in [3.63, 3.8) is 0 Å². The molecule has 3 aliphatic rings. The molecule has 3 heterocycles. The van der Waals surface area contributed by atoms with E-state index in [4.69, 9.17) is 15.2 Å². The topological polar surface area (TPSA) is 63.0 Å². The van der Waals surface area contributed by atoms with Gasteiger partial charge in [0.05, 0.1) is 24.9 Å². The number of nitrogens with two attached hydrogens (primary N) is 1. The second kappa shape index (κ2) is 6.48. The van der Waals surface area contributed by atoms with E-state index in [1.807, 2.05) is 0 Å². The normalized spacial score (nSPS) is 41.9. The van der Waals surface area contributed by atoms with Crippen molar-refractivity contribution in [3.8, 4) is 0 Å². The number of likely N-dealkylation sites (tertiary alicyclic amines) is 1. The third-order valence-corrected chi connectivity index (χ3v) is 4.97. The first kappa shape index (κ1) is 15.6. The van der Waals surface area contributed by atoms with Crippen molar-refractivity contribution >= 4 is 0 Å². The van der Waals surface area contributed by atoms with E-state index in [1.54, 1.807) is 0 Å². The summed E-state index contributed by atoms with van der Waals surface area (Å²) in [6, 6.07) is 1.05. The molecule has 21 heavy (non-hydrogen) atoms. The first-order valence-corrected chi connectivity index (χ1v) is 8.23. The molecule has 6 nitrogen and oxygen atoms in total. The number of ether oxygens (including phenoxy) is 2. The van der Waals surface area contributed by atoms with Gasteiger partial charge in [-0.3, -0.25) is 9.80 Å². The lowest BCUT2D eigenvalue weighted by Gasteiger charge is -2.36. The number of nitrogens with one attached hydrogen (secondary N) is 1. The maximum absolute atomic E-state index is 6.22. The molecule has 122 valence electrons. The van der Waals surface area contributed by atoms with Crippen LogP contribution >= 0.6 is 0 Å². The average Bonchev–Trinajstić information content (AvgIpc) is 2.96. The molecule has 0 aromatic heterocycles. The summed E-state index contributed by atoms with van der Waals surface area (Å²) in [7, 11) is 2.20. The van der Waals surface area contributed by atoms with Gasteiger partial charge in [0.1, 0.15) is 0 Å². The Labute approximate surface area is 127 Å². The van der Waals surface area contributed by atoms with Gasteiger partial charge in [-0.25, -0.2) is 0 Å². The fourth-order valence-electron chi connectivity index (χ4n) is 3.87. The van der Waals surface area contributed by atoms with E-state index in [0.29, 0.717) is 18.2 Å². The van der Waals surface area contributed by atoms with Crippen LogP contribution in [0.25, 0.3) is 0 Å². The van der Waals surface area contributed by atoms with E-state index in [9.17, 15) is 0 Å². The van der Waals surface area contributed by atoms with Crippen LogP contribution in [0, 0.1) is 0 Å². The zero-order valence-electron chi connectivity index (χ0n) is 13.5. The molecule has 0 aromatic rings. The van der Waals surface area contributed by atoms with Gasteiger partial charge < -0.3 is 20.5 Å². The molecule has 5 unspecified atom stereocenters. The number of morpholine rings is 1. The van der Waals surface area contributed by atoms with Gasteiger partial charge in [-0.15, -0.1) is 0 Å². The van der Waals surface area contributed by atoms with E-state index in [1.165, 1.54) is 0 Å². The van der Waals surface area contributed by atoms with Crippen LogP contribution in [0.3, 0.4) is 0 Å². The van der Waals surface area contributed by atoms with Crippen molar-refractivity contribution in [2.45, 2.75) is 50.3 Å². The quantitative estimate of drug-likeness (QED) is 0.701. The summed E-state index contributed by atoms with van der Waals surface area (Å²) in [6.07, 6.45) is 0.715. The predicted octanol–water partition coefficient (Wildman–Crippen LogP) is -0.906. The minimum Gasteiger partial charge on any atom is -0.374 e. The maximum atomic E-state index is 6.22. The molecule has 0 amide bonds. The molecule has 3 aliphatic heterocycles. The predicted molar refractivity (Wildman–Crippen MR) is 82.4 cm³/mol. The summed E-state index contributed by atoms with van der Waals surface area (Å²) in [6.45, 7) is 9.91. The van der Waals surface area contributed by atoms with Gasteiger partial charge in [0.25, 0.3) is 0 Å². The van der Waals surface area contributed by atoms with Gasteiger partial charge in [-0.2, -0.15) is 0 Å². The van der Waals surface area contributed by atoms with Gasteiger partial charge in [0.15, 0.2) is 0 Å². The fraction of sp³-hybridized carbons (Fsp3) is 1.00. The van der Waals surface area contributed by atoms with Crippen molar-refractivity contribution in [2.75, 3.05) is 46.4 Å². The summed E-state index contributed by atoms with van der Waals surface area (Å²) in [5.41, 5.74) is 6.22. The molecular formula is C15H30N4O2. The van der Waals surface area contributed by atoms with Gasteiger partial charge in [0, 0.05) is 50.8 Å². The van der Waals surface area contributed by atoms with Crippen molar-refractivity contribution in [3.05, 3.63) is 0 Å². The number of nitrogens with zero attached hydrogens (tertiary/aromatic N) is 2. The van der Waals surface area contributed by atoms with E-state index in [-0.39, 0.29) is 18.2 Å². The minimum absolute atomic E-state index is 0.125. The Bertz CT molecular complexity index is 355. The molecular weight excluding hydrogens is 268 g/mol. The molecule has 3 N–H and O–H groups in total. The average molecular weight is 298 g/mol. The van der Waals surface area contributed by atoms with Crippen molar-refractivity contribution in [1.82, 2.24) is 15.1 Å². The number of hydrogen-bond donors (Lipinski definition) is 2. The van der Waals surface area contributed by atoms with Crippen LogP contribution in [0.5, 0.6) is 0 Å². The Hall–Kier alpha value is -0.240. The molecule has 5 atom stereocenters. The van der Waals surface area contributed by atoms with E-state index in [2.05, 4.69) is 36.0 Å². The summed E-state index contributed by atoms with van der Waals surface area (Å²) < 4.78 is 11.9. The lowest BCUT2D eigenvalue weighted by atomic mass is 10.1. The molecule has 0 saturated carbocycles. The number of rotatable bonds is 4. The van der Waals surface area contributed by atoms with Crippen LogP contribution in [0.15, 0.2) is 0 Å². The molecule has 6 heteroatoms. The Morgan fingerprint density at radius 3 is 2.95 bits per heavy atom. The van der Waals surface area contributed by atoms with Gasteiger partial charge in [0.2, 0.25) is 0 Å². The highest BCUT2D eigenvalue weighted by Gasteiger charge is 2.43. The maximum Gasteiger partial charge on any atom is 0.0908 e. The van der Waals surface area contributed by atoms with Crippen LogP contribution in [-0.2, 0) is 9.47 Å². The fourth-order valence-corrected chi connectivity index (χ4v) is 3.87. The summed E-state index contributed by atoms with van der Waals surface area (Å²) in [5.74, 6) is 0. The third-order valence-electron chi connectivity index (χ3n) is 4.97. The van der Waals surface area contributed by atoms with Gasteiger partial charge >= 0.3 is 0 Å². The van der Waals surface area contributed by atoms with Crippen molar-refractivity contribution < 1.29 is 9.47 Å². The summed E-state index contributed by atoms with van der Waals surface area (Å²) in [4.78, 5) is 4.84. The molecule has 0 bridgehead atoms. The zero-order chi connectivity index (χ0) is 15.0. The van der Waals surface area contributed by atoms with Crippen LogP contribution in [-0.4, -0.2) is 92.6 Å².